The normalized spacial score (nSPS) is 25.4. The van der Waals surface area contributed by atoms with E-state index in [0.29, 0.717) is 18.1 Å². The second-order valence-corrected chi connectivity index (χ2v) is 6.04. The van der Waals surface area contributed by atoms with E-state index >= 15 is 0 Å². The van der Waals surface area contributed by atoms with Crippen LogP contribution >= 0.6 is 11.3 Å². The van der Waals surface area contributed by atoms with Gasteiger partial charge in [-0.1, -0.05) is 6.92 Å². The zero-order valence-corrected chi connectivity index (χ0v) is 12.3. The van der Waals surface area contributed by atoms with Crippen LogP contribution < -0.4 is 5.32 Å². The van der Waals surface area contributed by atoms with E-state index in [0.717, 1.165) is 13.2 Å². The van der Waals surface area contributed by atoms with Crippen LogP contribution in [0.5, 0.6) is 0 Å². The molecule has 1 fully saturated rings. The summed E-state index contributed by atoms with van der Waals surface area (Å²) in [7, 11) is 0. The fraction of sp³-hybridized carbons (Fsp3) is 0.733. The Morgan fingerprint density at radius 2 is 2.44 bits per heavy atom. The molecule has 0 spiro atoms. The Morgan fingerprint density at radius 3 is 3.06 bits per heavy atom. The van der Waals surface area contributed by atoms with Gasteiger partial charge in [0.1, 0.15) is 0 Å². The van der Waals surface area contributed by atoms with Gasteiger partial charge in [0.05, 0.1) is 6.10 Å². The van der Waals surface area contributed by atoms with Gasteiger partial charge in [-0.2, -0.15) is 11.3 Å². The van der Waals surface area contributed by atoms with Gasteiger partial charge in [-0.3, -0.25) is 0 Å². The zero-order chi connectivity index (χ0) is 12.8. The molecule has 2 heterocycles. The van der Waals surface area contributed by atoms with Crippen molar-refractivity contribution in [3.63, 3.8) is 0 Å². The minimum atomic E-state index is 0.418. The maximum Gasteiger partial charge on any atom is 0.0590 e. The Morgan fingerprint density at radius 1 is 1.56 bits per heavy atom. The lowest BCUT2D eigenvalue weighted by atomic mass is 9.89. The smallest absolute Gasteiger partial charge is 0.0590 e. The molecule has 1 aromatic rings. The van der Waals surface area contributed by atoms with Crippen molar-refractivity contribution in [1.29, 1.82) is 0 Å². The van der Waals surface area contributed by atoms with Crippen LogP contribution in [0.3, 0.4) is 0 Å². The lowest BCUT2D eigenvalue weighted by Crippen LogP contribution is -2.40. The number of rotatable bonds is 7. The first-order chi connectivity index (χ1) is 8.81. The van der Waals surface area contributed by atoms with Crippen LogP contribution in [0, 0.1) is 5.92 Å². The summed E-state index contributed by atoms with van der Waals surface area (Å²) in [6.45, 7) is 6.52. The van der Waals surface area contributed by atoms with E-state index in [9.17, 15) is 0 Å². The molecule has 1 N–H and O–H groups in total. The maximum atomic E-state index is 5.73. The molecule has 1 aromatic heterocycles. The summed E-state index contributed by atoms with van der Waals surface area (Å²) in [5.41, 5.74) is 1.48. The monoisotopic (exact) mass is 267 g/mol. The minimum Gasteiger partial charge on any atom is -0.378 e. The van der Waals surface area contributed by atoms with E-state index in [-0.39, 0.29) is 0 Å². The molecular formula is C15H25NOS. The second-order valence-electron chi connectivity index (χ2n) is 5.26. The highest BCUT2D eigenvalue weighted by molar-refractivity contribution is 7.07. The number of ether oxygens (including phenoxy) is 1. The molecule has 0 saturated carbocycles. The number of thiophene rings is 1. The zero-order valence-electron chi connectivity index (χ0n) is 11.5. The van der Waals surface area contributed by atoms with Gasteiger partial charge < -0.3 is 10.1 Å². The summed E-state index contributed by atoms with van der Waals surface area (Å²) in [6, 6.07) is 2.86. The van der Waals surface area contributed by atoms with E-state index < -0.39 is 0 Å². The summed E-state index contributed by atoms with van der Waals surface area (Å²) in [4.78, 5) is 0. The van der Waals surface area contributed by atoms with Crippen molar-refractivity contribution in [1.82, 2.24) is 5.32 Å². The van der Waals surface area contributed by atoms with Gasteiger partial charge in [0.25, 0.3) is 0 Å². The van der Waals surface area contributed by atoms with E-state index in [1.807, 2.05) is 0 Å². The molecule has 3 heteroatoms. The van der Waals surface area contributed by atoms with Gasteiger partial charge in [0.2, 0.25) is 0 Å². The van der Waals surface area contributed by atoms with Crippen molar-refractivity contribution < 1.29 is 4.74 Å². The topological polar surface area (TPSA) is 21.3 Å². The standard InChI is InChI=1S/C15H25NOS/c1-3-8-16-15(14-6-9-17-12(14)2)5-4-13-7-10-18-11-13/h7,10-12,14-16H,3-6,8-9H2,1-2H3. The van der Waals surface area contributed by atoms with Gasteiger partial charge in [0, 0.05) is 18.6 Å². The molecule has 0 bridgehead atoms. The quantitative estimate of drug-likeness (QED) is 0.816. The third kappa shape index (κ3) is 3.81. The minimum absolute atomic E-state index is 0.418. The molecule has 102 valence electrons. The highest BCUT2D eigenvalue weighted by atomic mass is 32.1. The van der Waals surface area contributed by atoms with E-state index in [4.69, 9.17) is 4.74 Å². The van der Waals surface area contributed by atoms with Crippen LogP contribution in [0.1, 0.15) is 38.7 Å². The van der Waals surface area contributed by atoms with Crippen molar-refractivity contribution in [2.45, 2.75) is 51.7 Å². The SMILES string of the molecule is CCCNC(CCc1ccsc1)C1CCOC1C. The molecule has 1 saturated heterocycles. The molecule has 2 rings (SSSR count). The summed E-state index contributed by atoms with van der Waals surface area (Å²) in [5.74, 6) is 0.690. The van der Waals surface area contributed by atoms with Gasteiger partial charge in [0.15, 0.2) is 0 Å². The molecule has 3 atom stereocenters. The Labute approximate surface area is 115 Å². The lowest BCUT2D eigenvalue weighted by Gasteiger charge is -2.27. The van der Waals surface area contributed by atoms with Crippen LogP contribution in [0.4, 0.5) is 0 Å². The predicted molar refractivity (Wildman–Crippen MR) is 78.2 cm³/mol. The number of nitrogens with one attached hydrogen (secondary N) is 1. The van der Waals surface area contributed by atoms with Crippen molar-refractivity contribution in [2.24, 2.45) is 5.92 Å². The van der Waals surface area contributed by atoms with Crippen LogP contribution in [0.25, 0.3) is 0 Å². The van der Waals surface area contributed by atoms with Crippen LogP contribution in [0.15, 0.2) is 16.8 Å². The van der Waals surface area contributed by atoms with Crippen LogP contribution in [-0.4, -0.2) is 25.3 Å². The van der Waals surface area contributed by atoms with Crippen molar-refractivity contribution in [3.8, 4) is 0 Å². The molecule has 2 nitrogen and oxygen atoms in total. The summed E-state index contributed by atoms with van der Waals surface area (Å²) < 4.78 is 5.73. The molecule has 0 amide bonds. The van der Waals surface area contributed by atoms with Gasteiger partial charge in [-0.25, -0.2) is 0 Å². The third-order valence-corrected chi connectivity index (χ3v) is 4.66. The number of hydrogen-bond acceptors (Lipinski definition) is 3. The molecule has 0 radical (unpaired) electrons. The average molecular weight is 267 g/mol. The highest BCUT2D eigenvalue weighted by Gasteiger charge is 2.31. The molecule has 1 aliphatic rings. The number of aryl methyl sites for hydroxylation is 1. The van der Waals surface area contributed by atoms with Crippen LogP contribution in [-0.2, 0) is 11.2 Å². The Kier molecular flexibility index (Phi) is 5.67. The van der Waals surface area contributed by atoms with Gasteiger partial charge in [-0.15, -0.1) is 0 Å². The second kappa shape index (κ2) is 7.27. The first-order valence-electron chi connectivity index (χ1n) is 7.17. The van der Waals surface area contributed by atoms with Gasteiger partial charge in [-0.05, 0) is 61.5 Å². The fourth-order valence-electron chi connectivity index (χ4n) is 2.83. The van der Waals surface area contributed by atoms with Crippen molar-refractivity contribution >= 4 is 11.3 Å². The molecule has 1 aliphatic heterocycles. The molecule has 3 unspecified atom stereocenters. The molecule has 0 aliphatic carbocycles. The van der Waals surface area contributed by atoms with Crippen molar-refractivity contribution in [3.05, 3.63) is 22.4 Å². The first kappa shape index (κ1) is 14.0. The van der Waals surface area contributed by atoms with Crippen LogP contribution in [0.2, 0.25) is 0 Å². The largest absolute Gasteiger partial charge is 0.378 e. The van der Waals surface area contributed by atoms with E-state index in [1.165, 1.54) is 31.2 Å². The third-order valence-electron chi connectivity index (χ3n) is 3.93. The fourth-order valence-corrected chi connectivity index (χ4v) is 3.53. The molecule has 0 aromatic carbocycles. The maximum absolute atomic E-state index is 5.73. The molecular weight excluding hydrogens is 242 g/mol. The Balaban J connectivity index is 1.87. The summed E-state index contributed by atoms with van der Waals surface area (Å²) in [5, 5.41) is 8.17. The highest BCUT2D eigenvalue weighted by Crippen LogP contribution is 2.26. The average Bonchev–Trinajstić information content (AvgIpc) is 3.01. The Hall–Kier alpha value is -0.380. The molecule has 18 heavy (non-hydrogen) atoms. The summed E-state index contributed by atoms with van der Waals surface area (Å²) >= 11 is 1.80. The van der Waals surface area contributed by atoms with Gasteiger partial charge >= 0.3 is 0 Å². The summed E-state index contributed by atoms with van der Waals surface area (Å²) in [6.07, 6.45) is 5.26. The first-order valence-corrected chi connectivity index (χ1v) is 8.11. The Bertz CT molecular complexity index is 325. The van der Waals surface area contributed by atoms with E-state index in [1.54, 1.807) is 11.3 Å². The van der Waals surface area contributed by atoms with Crippen molar-refractivity contribution in [2.75, 3.05) is 13.2 Å². The predicted octanol–water partition coefficient (Wildman–Crippen LogP) is 3.47. The van der Waals surface area contributed by atoms with E-state index in [2.05, 4.69) is 36.0 Å². The number of hydrogen-bond donors (Lipinski definition) is 1. The lowest BCUT2D eigenvalue weighted by molar-refractivity contribution is 0.0943.